The van der Waals surface area contributed by atoms with Crippen molar-refractivity contribution in [3.63, 3.8) is 0 Å². The standard InChI is InChI=1S/C18H24ClNS/c1-5-15-13-16(19)7-8-17(15)21-14(3)18(6-2)9-11-20(4)12-10-18/h5,7-8,13H,1,3,6,9-12H2,2,4H3. The molecule has 0 aromatic heterocycles. The van der Waals surface area contributed by atoms with Crippen molar-refractivity contribution >= 4 is 29.4 Å². The molecule has 0 bridgehead atoms. The zero-order chi connectivity index (χ0) is 15.5. The number of nitrogens with zero attached hydrogens (tertiary/aromatic N) is 1. The lowest BCUT2D eigenvalue weighted by Gasteiger charge is -2.41. The maximum Gasteiger partial charge on any atom is 0.0412 e. The van der Waals surface area contributed by atoms with Gasteiger partial charge in [-0.2, -0.15) is 0 Å². The highest BCUT2D eigenvalue weighted by molar-refractivity contribution is 8.03. The van der Waals surface area contributed by atoms with E-state index in [1.165, 1.54) is 22.6 Å². The zero-order valence-electron chi connectivity index (χ0n) is 13.0. The summed E-state index contributed by atoms with van der Waals surface area (Å²) >= 11 is 7.86. The molecule has 1 aliphatic heterocycles. The van der Waals surface area contributed by atoms with E-state index in [-0.39, 0.29) is 5.41 Å². The number of thioether (sulfide) groups is 1. The summed E-state index contributed by atoms with van der Waals surface area (Å²) in [5.74, 6) is 0. The molecule has 1 aromatic rings. The molecule has 0 radical (unpaired) electrons. The molecular formula is C18H24ClNS. The first-order chi connectivity index (χ1) is 10.0. The molecule has 1 heterocycles. The number of allylic oxidation sites excluding steroid dienone is 1. The van der Waals surface area contributed by atoms with E-state index in [2.05, 4.69) is 38.1 Å². The molecule has 1 saturated heterocycles. The average Bonchev–Trinajstić information content (AvgIpc) is 2.50. The van der Waals surface area contributed by atoms with Gasteiger partial charge in [-0.3, -0.25) is 0 Å². The van der Waals surface area contributed by atoms with Crippen LogP contribution in [0.15, 0.2) is 41.2 Å². The largest absolute Gasteiger partial charge is 0.306 e. The average molecular weight is 322 g/mol. The Morgan fingerprint density at radius 1 is 1.43 bits per heavy atom. The fraction of sp³-hybridized carbons (Fsp3) is 0.444. The third kappa shape index (κ3) is 3.74. The van der Waals surface area contributed by atoms with Gasteiger partial charge in [0.15, 0.2) is 0 Å². The summed E-state index contributed by atoms with van der Waals surface area (Å²) in [5, 5.41) is 0.754. The third-order valence-electron chi connectivity index (χ3n) is 4.64. The van der Waals surface area contributed by atoms with Gasteiger partial charge in [-0.1, -0.05) is 49.5 Å². The number of halogens is 1. The van der Waals surface area contributed by atoms with Gasteiger partial charge in [0.25, 0.3) is 0 Å². The molecule has 0 spiro atoms. The number of benzene rings is 1. The van der Waals surface area contributed by atoms with Crippen LogP contribution < -0.4 is 0 Å². The maximum absolute atomic E-state index is 6.07. The second-order valence-electron chi connectivity index (χ2n) is 5.85. The molecule has 0 aliphatic carbocycles. The summed E-state index contributed by atoms with van der Waals surface area (Å²) in [7, 11) is 2.20. The van der Waals surface area contributed by atoms with Gasteiger partial charge in [0.2, 0.25) is 0 Å². The van der Waals surface area contributed by atoms with Gasteiger partial charge in [0, 0.05) is 15.3 Å². The number of piperidine rings is 1. The number of likely N-dealkylation sites (tertiary alicyclic amines) is 1. The predicted molar refractivity (Wildman–Crippen MR) is 96.0 cm³/mol. The van der Waals surface area contributed by atoms with Crippen molar-refractivity contribution in [3.8, 4) is 0 Å². The van der Waals surface area contributed by atoms with Gasteiger partial charge >= 0.3 is 0 Å². The van der Waals surface area contributed by atoms with Gasteiger partial charge in [-0.25, -0.2) is 0 Å². The first kappa shape index (κ1) is 16.7. The topological polar surface area (TPSA) is 3.24 Å². The monoisotopic (exact) mass is 321 g/mol. The smallest absolute Gasteiger partial charge is 0.0412 e. The molecule has 1 nitrogen and oxygen atoms in total. The number of rotatable bonds is 5. The van der Waals surface area contributed by atoms with Crippen molar-refractivity contribution in [1.82, 2.24) is 4.90 Å². The van der Waals surface area contributed by atoms with Crippen molar-refractivity contribution in [3.05, 3.63) is 46.8 Å². The zero-order valence-corrected chi connectivity index (χ0v) is 14.6. The first-order valence-corrected chi connectivity index (χ1v) is 8.68. The van der Waals surface area contributed by atoms with E-state index in [0.29, 0.717) is 0 Å². The van der Waals surface area contributed by atoms with Crippen LogP contribution in [0, 0.1) is 5.41 Å². The SMILES string of the molecule is C=Cc1cc(Cl)ccc1SC(=C)C1(CC)CCN(C)CC1. The van der Waals surface area contributed by atoms with E-state index in [1.807, 2.05) is 18.2 Å². The highest BCUT2D eigenvalue weighted by atomic mass is 35.5. The molecule has 21 heavy (non-hydrogen) atoms. The Balaban J connectivity index is 2.18. The summed E-state index contributed by atoms with van der Waals surface area (Å²) in [6.45, 7) is 12.9. The molecule has 1 fully saturated rings. The van der Waals surface area contributed by atoms with Crippen LogP contribution in [0.25, 0.3) is 6.08 Å². The Kier molecular flexibility index (Phi) is 5.59. The molecule has 0 amide bonds. The van der Waals surface area contributed by atoms with Crippen LogP contribution in [0.2, 0.25) is 5.02 Å². The molecule has 0 N–H and O–H groups in total. The van der Waals surface area contributed by atoms with E-state index in [9.17, 15) is 0 Å². The maximum atomic E-state index is 6.07. The van der Waals surface area contributed by atoms with E-state index >= 15 is 0 Å². The molecule has 2 rings (SSSR count). The van der Waals surface area contributed by atoms with Gasteiger partial charge in [-0.05, 0) is 68.1 Å². The summed E-state index contributed by atoms with van der Waals surface area (Å²) in [6.07, 6.45) is 5.42. The number of hydrogen-bond donors (Lipinski definition) is 0. The molecule has 0 atom stereocenters. The van der Waals surface area contributed by atoms with E-state index in [1.54, 1.807) is 11.8 Å². The third-order valence-corrected chi connectivity index (χ3v) is 6.14. The van der Waals surface area contributed by atoms with Crippen molar-refractivity contribution in [2.24, 2.45) is 5.41 Å². The molecule has 3 heteroatoms. The highest BCUT2D eigenvalue weighted by Crippen LogP contribution is 2.48. The molecule has 1 aliphatic rings. The second kappa shape index (κ2) is 7.04. The minimum absolute atomic E-state index is 0.259. The van der Waals surface area contributed by atoms with Crippen LogP contribution in [0.1, 0.15) is 31.7 Å². The lowest BCUT2D eigenvalue weighted by Crippen LogP contribution is -2.38. The molecular weight excluding hydrogens is 298 g/mol. The van der Waals surface area contributed by atoms with Crippen LogP contribution in [0.5, 0.6) is 0 Å². The molecule has 0 unspecified atom stereocenters. The minimum Gasteiger partial charge on any atom is -0.306 e. The van der Waals surface area contributed by atoms with Crippen molar-refractivity contribution in [2.45, 2.75) is 31.1 Å². The summed E-state index contributed by atoms with van der Waals surface area (Å²) in [4.78, 5) is 4.89. The predicted octanol–water partition coefficient (Wildman–Crippen LogP) is 5.71. The fourth-order valence-electron chi connectivity index (χ4n) is 2.89. The Hall–Kier alpha value is -0.700. The van der Waals surface area contributed by atoms with E-state index in [0.717, 1.165) is 30.1 Å². The number of hydrogen-bond acceptors (Lipinski definition) is 2. The lowest BCUT2D eigenvalue weighted by molar-refractivity contribution is 0.158. The summed E-state index contributed by atoms with van der Waals surface area (Å²) < 4.78 is 0. The van der Waals surface area contributed by atoms with Gasteiger partial charge in [0.05, 0.1) is 0 Å². The molecule has 0 saturated carbocycles. The second-order valence-corrected chi connectivity index (χ2v) is 7.42. The van der Waals surface area contributed by atoms with Crippen molar-refractivity contribution < 1.29 is 0 Å². The Morgan fingerprint density at radius 2 is 2.10 bits per heavy atom. The van der Waals surface area contributed by atoms with Gasteiger partial charge in [0.1, 0.15) is 0 Å². The van der Waals surface area contributed by atoms with Gasteiger partial charge < -0.3 is 4.90 Å². The van der Waals surface area contributed by atoms with Crippen LogP contribution >= 0.6 is 23.4 Å². The minimum atomic E-state index is 0.259. The van der Waals surface area contributed by atoms with Crippen LogP contribution in [-0.4, -0.2) is 25.0 Å². The van der Waals surface area contributed by atoms with Gasteiger partial charge in [-0.15, -0.1) is 0 Å². The van der Waals surface area contributed by atoms with E-state index in [4.69, 9.17) is 11.6 Å². The summed E-state index contributed by atoms with van der Waals surface area (Å²) in [6, 6.07) is 5.99. The van der Waals surface area contributed by atoms with Crippen LogP contribution in [-0.2, 0) is 0 Å². The Morgan fingerprint density at radius 3 is 2.67 bits per heavy atom. The fourth-order valence-corrected chi connectivity index (χ4v) is 4.30. The lowest BCUT2D eigenvalue weighted by atomic mass is 9.76. The van der Waals surface area contributed by atoms with Crippen molar-refractivity contribution in [1.29, 1.82) is 0 Å². The summed E-state index contributed by atoms with van der Waals surface area (Å²) in [5.41, 5.74) is 1.35. The quantitative estimate of drug-likeness (QED) is 0.639. The van der Waals surface area contributed by atoms with Crippen molar-refractivity contribution in [2.75, 3.05) is 20.1 Å². The Labute approximate surface area is 138 Å². The molecule has 1 aromatic carbocycles. The highest BCUT2D eigenvalue weighted by Gasteiger charge is 2.35. The first-order valence-electron chi connectivity index (χ1n) is 7.48. The molecule has 114 valence electrons. The normalized spacial score (nSPS) is 18.4. The van der Waals surface area contributed by atoms with E-state index < -0.39 is 0 Å². The van der Waals surface area contributed by atoms with Crippen LogP contribution in [0.4, 0.5) is 0 Å². The Bertz CT molecular complexity index is 530. The van der Waals surface area contributed by atoms with Crippen LogP contribution in [0.3, 0.4) is 0 Å².